The Kier molecular flexibility index (Phi) is 4.42. The van der Waals surface area contributed by atoms with Crippen LogP contribution in [0.1, 0.15) is 26.7 Å². The second-order valence-electron chi connectivity index (χ2n) is 5.45. The van der Waals surface area contributed by atoms with Gasteiger partial charge >= 0.3 is 6.03 Å². The Labute approximate surface area is 113 Å². The molecule has 2 aliphatic rings. The summed E-state index contributed by atoms with van der Waals surface area (Å²) in [6, 6.07) is -0.376. The first-order valence-electron chi connectivity index (χ1n) is 7.00. The van der Waals surface area contributed by atoms with E-state index in [-0.39, 0.29) is 17.9 Å². The number of amides is 3. The Morgan fingerprint density at radius 3 is 2.89 bits per heavy atom. The number of urea groups is 1. The minimum atomic E-state index is -0.763. The predicted molar refractivity (Wildman–Crippen MR) is 70.7 cm³/mol. The molecule has 2 rings (SSSR count). The van der Waals surface area contributed by atoms with Gasteiger partial charge in [0.1, 0.15) is 5.54 Å². The van der Waals surface area contributed by atoms with Gasteiger partial charge in [0, 0.05) is 25.6 Å². The van der Waals surface area contributed by atoms with Gasteiger partial charge in [-0.1, -0.05) is 0 Å². The zero-order valence-corrected chi connectivity index (χ0v) is 11.7. The topological polar surface area (TPSA) is 70.7 Å². The van der Waals surface area contributed by atoms with Gasteiger partial charge in [-0.05, 0) is 33.2 Å². The van der Waals surface area contributed by atoms with Crippen molar-refractivity contribution < 1.29 is 14.3 Å². The zero-order valence-electron chi connectivity index (χ0n) is 11.7. The number of hydrogen-bond donors (Lipinski definition) is 2. The lowest BCUT2D eigenvalue weighted by molar-refractivity contribution is -0.126. The lowest BCUT2D eigenvalue weighted by Crippen LogP contribution is -2.56. The van der Waals surface area contributed by atoms with Crippen LogP contribution in [0.3, 0.4) is 0 Å². The summed E-state index contributed by atoms with van der Waals surface area (Å²) in [5, 5.41) is 5.12. The summed E-state index contributed by atoms with van der Waals surface area (Å²) in [4.78, 5) is 25.6. The second kappa shape index (κ2) is 5.88. The molecule has 0 aromatic carbocycles. The highest BCUT2D eigenvalue weighted by Gasteiger charge is 2.48. The maximum Gasteiger partial charge on any atom is 0.322 e. The highest BCUT2D eigenvalue weighted by molar-refractivity contribution is 6.06. The zero-order chi connectivity index (χ0) is 13.9. The smallest absolute Gasteiger partial charge is 0.322 e. The van der Waals surface area contributed by atoms with Gasteiger partial charge in [-0.2, -0.15) is 0 Å². The first-order chi connectivity index (χ1) is 9.06. The Hall–Kier alpha value is -1.14. The van der Waals surface area contributed by atoms with Crippen molar-refractivity contribution in [2.45, 2.75) is 32.2 Å². The Balaban J connectivity index is 1.93. The molecule has 0 spiro atoms. The van der Waals surface area contributed by atoms with Gasteiger partial charge in [-0.15, -0.1) is 0 Å². The number of nitrogens with one attached hydrogen (secondary N) is 2. The largest absolute Gasteiger partial charge is 0.380 e. The van der Waals surface area contributed by atoms with E-state index in [1.807, 2.05) is 13.8 Å². The number of nitrogens with zero attached hydrogens (tertiary/aromatic N) is 1. The van der Waals surface area contributed by atoms with Gasteiger partial charge in [0.05, 0.1) is 6.61 Å². The Morgan fingerprint density at radius 2 is 2.26 bits per heavy atom. The lowest BCUT2D eigenvalue weighted by atomic mass is 9.80. The van der Waals surface area contributed by atoms with Crippen LogP contribution < -0.4 is 10.6 Å². The van der Waals surface area contributed by atoms with Crippen molar-refractivity contribution in [1.29, 1.82) is 0 Å². The molecule has 3 amide bonds. The lowest BCUT2D eigenvalue weighted by Gasteiger charge is -2.39. The number of piperidine rings is 1. The third kappa shape index (κ3) is 3.06. The van der Waals surface area contributed by atoms with E-state index in [0.29, 0.717) is 0 Å². The molecule has 6 heteroatoms. The Morgan fingerprint density at radius 1 is 1.47 bits per heavy atom. The van der Waals surface area contributed by atoms with Crippen LogP contribution in [0.2, 0.25) is 0 Å². The van der Waals surface area contributed by atoms with E-state index >= 15 is 0 Å². The fourth-order valence-electron chi connectivity index (χ4n) is 2.91. The predicted octanol–water partition coefficient (Wildman–Crippen LogP) is 0.333. The maximum absolute atomic E-state index is 11.9. The molecule has 2 fully saturated rings. The number of imide groups is 1. The van der Waals surface area contributed by atoms with E-state index in [2.05, 4.69) is 15.5 Å². The SMILES string of the molecule is CCOCCN1CCC[C@@H]([C@]2(C)NC(=O)NC2=O)C1. The molecule has 0 unspecified atom stereocenters. The number of likely N-dealkylation sites (tertiary alicyclic amines) is 1. The summed E-state index contributed by atoms with van der Waals surface area (Å²) in [7, 11) is 0. The van der Waals surface area contributed by atoms with Crippen molar-refractivity contribution in [1.82, 2.24) is 15.5 Å². The second-order valence-corrected chi connectivity index (χ2v) is 5.45. The summed E-state index contributed by atoms with van der Waals surface area (Å²) in [5.74, 6) is -0.0384. The average Bonchev–Trinajstić information content (AvgIpc) is 2.65. The van der Waals surface area contributed by atoms with Gasteiger partial charge in [0.25, 0.3) is 5.91 Å². The molecule has 0 radical (unpaired) electrons. The molecule has 2 heterocycles. The average molecular weight is 269 g/mol. The van der Waals surface area contributed by atoms with Crippen LogP contribution in [0, 0.1) is 5.92 Å². The molecule has 6 nitrogen and oxygen atoms in total. The normalized spacial score (nSPS) is 32.2. The molecule has 0 saturated carbocycles. The van der Waals surface area contributed by atoms with Crippen LogP contribution in [0.25, 0.3) is 0 Å². The minimum Gasteiger partial charge on any atom is -0.380 e. The fourth-order valence-corrected chi connectivity index (χ4v) is 2.91. The highest BCUT2D eigenvalue weighted by Crippen LogP contribution is 2.29. The Bertz CT molecular complexity index is 361. The summed E-state index contributed by atoms with van der Waals surface area (Å²) in [6.07, 6.45) is 2.02. The van der Waals surface area contributed by atoms with Crippen LogP contribution >= 0.6 is 0 Å². The number of carbonyl (C=O) groups excluding carboxylic acids is 2. The molecule has 2 atom stereocenters. The summed E-state index contributed by atoms with van der Waals surface area (Å²) in [6.45, 7) is 8.01. The summed E-state index contributed by atoms with van der Waals surface area (Å²) < 4.78 is 5.37. The molecular weight excluding hydrogens is 246 g/mol. The third-order valence-corrected chi connectivity index (χ3v) is 4.15. The third-order valence-electron chi connectivity index (χ3n) is 4.15. The first-order valence-corrected chi connectivity index (χ1v) is 7.00. The van der Waals surface area contributed by atoms with Gasteiger partial charge in [0.15, 0.2) is 0 Å². The monoisotopic (exact) mass is 269 g/mol. The number of hydrogen-bond acceptors (Lipinski definition) is 4. The molecule has 0 aromatic heterocycles. The van der Waals surface area contributed by atoms with Crippen LogP contribution in [-0.2, 0) is 9.53 Å². The molecule has 2 N–H and O–H groups in total. The molecular formula is C13H23N3O3. The van der Waals surface area contributed by atoms with Gasteiger partial charge < -0.3 is 15.0 Å². The number of ether oxygens (including phenoxy) is 1. The van der Waals surface area contributed by atoms with Crippen LogP contribution in [0.15, 0.2) is 0 Å². The van der Waals surface area contributed by atoms with Gasteiger partial charge in [-0.3, -0.25) is 10.1 Å². The number of rotatable bonds is 5. The van der Waals surface area contributed by atoms with Crippen molar-refractivity contribution >= 4 is 11.9 Å². The standard InChI is InChI=1S/C13H23N3O3/c1-3-19-8-7-16-6-4-5-10(9-16)13(2)11(17)14-12(18)15-13/h10H,3-9H2,1-2H3,(H2,14,15,17,18)/t10-,13+/m1/s1. The van der Waals surface area contributed by atoms with Crippen LogP contribution in [-0.4, -0.2) is 55.2 Å². The van der Waals surface area contributed by atoms with E-state index in [1.165, 1.54) is 0 Å². The van der Waals surface area contributed by atoms with Crippen molar-refractivity contribution in [3.8, 4) is 0 Å². The van der Waals surface area contributed by atoms with E-state index in [1.54, 1.807) is 0 Å². The van der Waals surface area contributed by atoms with Crippen LogP contribution in [0.5, 0.6) is 0 Å². The maximum atomic E-state index is 11.9. The van der Waals surface area contributed by atoms with Crippen molar-refractivity contribution in [2.75, 3.05) is 32.8 Å². The fraction of sp³-hybridized carbons (Fsp3) is 0.846. The summed E-state index contributed by atoms with van der Waals surface area (Å²) >= 11 is 0. The molecule has 2 saturated heterocycles. The van der Waals surface area contributed by atoms with E-state index in [0.717, 1.165) is 45.7 Å². The van der Waals surface area contributed by atoms with E-state index in [4.69, 9.17) is 4.74 Å². The van der Waals surface area contributed by atoms with E-state index < -0.39 is 5.54 Å². The molecule has 108 valence electrons. The quantitative estimate of drug-likeness (QED) is 0.557. The van der Waals surface area contributed by atoms with E-state index in [9.17, 15) is 9.59 Å². The van der Waals surface area contributed by atoms with Crippen molar-refractivity contribution in [3.05, 3.63) is 0 Å². The van der Waals surface area contributed by atoms with Gasteiger partial charge in [-0.25, -0.2) is 4.79 Å². The highest BCUT2D eigenvalue weighted by atomic mass is 16.5. The molecule has 0 bridgehead atoms. The number of carbonyl (C=O) groups is 2. The minimum absolute atomic E-state index is 0.161. The molecule has 19 heavy (non-hydrogen) atoms. The summed E-state index contributed by atoms with van der Waals surface area (Å²) in [5.41, 5.74) is -0.763. The molecule has 2 aliphatic heterocycles. The van der Waals surface area contributed by atoms with Gasteiger partial charge in [0.2, 0.25) is 0 Å². The molecule has 0 aliphatic carbocycles. The first kappa shape index (κ1) is 14.3. The molecule has 0 aromatic rings. The van der Waals surface area contributed by atoms with Crippen molar-refractivity contribution in [3.63, 3.8) is 0 Å². The van der Waals surface area contributed by atoms with Crippen LogP contribution in [0.4, 0.5) is 4.79 Å². The van der Waals surface area contributed by atoms with Crippen molar-refractivity contribution in [2.24, 2.45) is 5.92 Å².